The zero-order chi connectivity index (χ0) is 18.6. The summed E-state index contributed by atoms with van der Waals surface area (Å²) in [5.74, 6) is -0.156. The van der Waals surface area contributed by atoms with E-state index in [9.17, 15) is 18.0 Å². The Hall–Kier alpha value is -2.12. The van der Waals surface area contributed by atoms with Crippen LogP contribution >= 0.6 is 11.3 Å². The molecule has 0 unspecified atom stereocenters. The van der Waals surface area contributed by atoms with E-state index < -0.39 is 11.7 Å². The second-order valence-electron chi connectivity index (χ2n) is 6.34. The van der Waals surface area contributed by atoms with Crippen molar-refractivity contribution in [1.82, 2.24) is 4.90 Å². The molecular formula is C19H20F3N2OS+. The lowest BCUT2D eigenvalue weighted by Gasteiger charge is -2.31. The summed E-state index contributed by atoms with van der Waals surface area (Å²) in [6.45, 7) is 4.03. The quantitative estimate of drug-likeness (QED) is 0.810. The molecule has 7 heteroatoms. The van der Waals surface area contributed by atoms with Crippen molar-refractivity contribution in [2.24, 2.45) is 0 Å². The van der Waals surface area contributed by atoms with Crippen molar-refractivity contribution < 1.29 is 22.9 Å². The van der Waals surface area contributed by atoms with E-state index in [1.54, 1.807) is 22.3 Å². The second-order valence-corrected chi connectivity index (χ2v) is 7.12. The molecule has 3 nitrogen and oxygen atoms in total. The highest BCUT2D eigenvalue weighted by atomic mass is 32.1. The fraction of sp³-hybridized carbons (Fsp3) is 0.316. The minimum absolute atomic E-state index is 0.156. The summed E-state index contributed by atoms with van der Waals surface area (Å²) in [5.41, 5.74) is 0.974. The van der Waals surface area contributed by atoms with Crippen LogP contribution in [-0.2, 0) is 17.5 Å². The Balaban J connectivity index is 1.53. The minimum Gasteiger partial charge on any atom is -0.328 e. The van der Waals surface area contributed by atoms with Crippen LogP contribution in [0.1, 0.15) is 16.7 Å². The molecule has 26 heavy (non-hydrogen) atoms. The summed E-state index contributed by atoms with van der Waals surface area (Å²) in [5, 5.41) is 4.20. The van der Waals surface area contributed by atoms with E-state index in [2.05, 4.69) is 16.8 Å². The third kappa shape index (κ3) is 4.95. The van der Waals surface area contributed by atoms with Crippen LogP contribution < -0.4 is 4.90 Å². The molecule has 0 aliphatic carbocycles. The summed E-state index contributed by atoms with van der Waals surface area (Å²) in [4.78, 5) is 15.5. The van der Waals surface area contributed by atoms with Crippen LogP contribution in [0.5, 0.6) is 0 Å². The van der Waals surface area contributed by atoms with Gasteiger partial charge in [0.1, 0.15) is 6.54 Å². The molecule has 1 saturated heterocycles. The molecular weight excluding hydrogens is 361 g/mol. The largest absolute Gasteiger partial charge is 0.416 e. The number of quaternary nitrogens is 1. The lowest BCUT2D eigenvalue weighted by atomic mass is 10.1. The Labute approximate surface area is 154 Å². The standard InChI is InChI=1S/C19H19F3N2OS/c20-19(21,22)17-3-1-2-15(12-17)4-5-18(25)24-9-7-23(8-10-24)13-16-6-11-26-14-16/h1-6,11-12,14H,7-10,13H2/p+1/b5-4+. The molecule has 1 amide bonds. The summed E-state index contributed by atoms with van der Waals surface area (Å²) in [7, 11) is 0. The maximum atomic E-state index is 12.7. The molecule has 1 aliphatic heterocycles. The highest BCUT2D eigenvalue weighted by Crippen LogP contribution is 2.29. The van der Waals surface area contributed by atoms with Gasteiger partial charge in [0, 0.05) is 11.6 Å². The summed E-state index contributed by atoms with van der Waals surface area (Å²) < 4.78 is 38.2. The number of piperazine rings is 1. The molecule has 1 N–H and O–H groups in total. The number of hydrogen-bond donors (Lipinski definition) is 1. The predicted molar refractivity (Wildman–Crippen MR) is 95.8 cm³/mol. The lowest BCUT2D eigenvalue weighted by molar-refractivity contribution is -0.917. The van der Waals surface area contributed by atoms with Gasteiger partial charge in [-0.2, -0.15) is 24.5 Å². The molecule has 3 rings (SSSR count). The van der Waals surface area contributed by atoms with Crippen LogP contribution in [0.2, 0.25) is 0 Å². The number of hydrogen-bond acceptors (Lipinski definition) is 2. The first-order valence-corrected chi connectivity index (χ1v) is 9.35. The first kappa shape index (κ1) is 18.7. The Morgan fingerprint density at radius 3 is 2.65 bits per heavy atom. The smallest absolute Gasteiger partial charge is 0.328 e. The van der Waals surface area contributed by atoms with Crippen molar-refractivity contribution in [2.45, 2.75) is 12.7 Å². The van der Waals surface area contributed by atoms with Gasteiger partial charge in [-0.1, -0.05) is 12.1 Å². The topological polar surface area (TPSA) is 24.8 Å². The molecule has 2 aromatic rings. The molecule has 1 aliphatic rings. The van der Waals surface area contributed by atoms with Gasteiger partial charge in [-0.15, -0.1) is 0 Å². The molecule has 1 fully saturated rings. The summed E-state index contributed by atoms with van der Waals surface area (Å²) in [6.07, 6.45) is -1.57. The number of amides is 1. The minimum atomic E-state index is -4.38. The number of alkyl halides is 3. The van der Waals surface area contributed by atoms with Crippen molar-refractivity contribution in [1.29, 1.82) is 0 Å². The van der Waals surface area contributed by atoms with Crippen molar-refractivity contribution in [3.8, 4) is 0 Å². The highest BCUT2D eigenvalue weighted by molar-refractivity contribution is 7.07. The first-order chi connectivity index (χ1) is 12.4. The third-order valence-electron chi connectivity index (χ3n) is 4.45. The van der Waals surface area contributed by atoms with Crippen LogP contribution in [0.4, 0.5) is 13.2 Å². The monoisotopic (exact) mass is 381 g/mol. The van der Waals surface area contributed by atoms with E-state index in [1.165, 1.54) is 28.7 Å². The van der Waals surface area contributed by atoms with Gasteiger partial charge in [-0.25, -0.2) is 0 Å². The van der Waals surface area contributed by atoms with E-state index in [0.29, 0.717) is 18.7 Å². The Morgan fingerprint density at radius 1 is 1.23 bits per heavy atom. The molecule has 1 aromatic carbocycles. The first-order valence-electron chi connectivity index (χ1n) is 8.41. The van der Waals surface area contributed by atoms with Crippen LogP contribution in [-0.4, -0.2) is 37.0 Å². The van der Waals surface area contributed by atoms with Gasteiger partial charge in [0.05, 0.1) is 31.7 Å². The van der Waals surface area contributed by atoms with Gasteiger partial charge in [-0.05, 0) is 40.6 Å². The second kappa shape index (κ2) is 8.05. The van der Waals surface area contributed by atoms with Crippen molar-refractivity contribution in [3.05, 3.63) is 63.9 Å². The van der Waals surface area contributed by atoms with E-state index in [-0.39, 0.29) is 5.91 Å². The third-order valence-corrected chi connectivity index (χ3v) is 5.18. The highest BCUT2D eigenvalue weighted by Gasteiger charge is 2.30. The fourth-order valence-corrected chi connectivity index (χ4v) is 3.66. The molecule has 0 saturated carbocycles. The average Bonchev–Trinajstić information content (AvgIpc) is 3.13. The Morgan fingerprint density at radius 2 is 2.00 bits per heavy atom. The predicted octanol–water partition coefficient (Wildman–Crippen LogP) is 2.71. The molecule has 0 bridgehead atoms. The van der Waals surface area contributed by atoms with Crippen molar-refractivity contribution in [3.63, 3.8) is 0 Å². The number of benzene rings is 1. The number of halogens is 3. The molecule has 0 spiro atoms. The zero-order valence-electron chi connectivity index (χ0n) is 14.1. The molecule has 1 aromatic heterocycles. The molecule has 138 valence electrons. The number of nitrogens with zero attached hydrogens (tertiary/aromatic N) is 1. The van der Waals surface area contributed by atoms with Gasteiger partial charge in [0.15, 0.2) is 0 Å². The summed E-state index contributed by atoms with van der Waals surface area (Å²) in [6, 6.07) is 7.09. The van der Waals surface area contributed by atoms with E-state index in [1.807, 2.05) is 0 Å². The van der Waals surface area contributed by atoms with E-state index in [4.69, 9.17) is 0 Å². The number of rotatable bonds is 4. The fourth-order valence-electron chi connectivity index (χ4n) is 2.99. The van der Waals surface area contributed by atoms with Crippen LogP contribution in [0.25, 0.3) is 6.08 Å². The van der Waals surface area contributed by atoms with Gasteiger partial charge >= 0.3 is 6.18 Å². The maximum Gasteiger partial charge on any atom is 0.416 e. The van der Waals surface area contributed by atoms with Gasteiger partial charge < -0.3 is 9.80 Å². The molecule has 0 atom stereocenters. The maximum absolute atomic E-state index is 12.7. The van der Waals surface area contributed by atoms with Crippen LogP contribution in [0.3, 0.4) is 0 Å². The lowest BCUT2D eigenvalue weighted by Crippen LogP contribution is -3.13. The zero-order valence-corrected chi connectivity index (χ0v) is 14.9. The number of thiophene rings is 1. The number of nitrogens with one attached hydrogen (secondary N) is 1. The number of carbonyl (C=O) groups excluding carboxylic acids is 1. The average molecular weight is 381 g/mol. The Kier molecular flexibility index (Phi) is 5.78. The van der Waals surface area contributed by atoms with Crippen LogP contribution in [0.15, 0.2) is 47.2 Å². The molecule has 0 radical (unpaired) electrons. The van der Waals surface area contributed by atoms with Crippen LogP contribution in [0, 0.1) is 0 Å². The normalized spacial score (nSPS) is 16.3. The van der Waals surface area contributed by atoms with Gasteiger partial charge in [0.25, 0.3) is 0 Å². The van der Waals surface area contributed by atoms with Crippen molar-refractivity contribution >= 4 is 23.3 Å². The van der Waals surface area contributed by atoms with Crippen molar-refractivity contribution in [2.75, 3.05) is 26.2 Å². The van der Waals surface area contributed by atoms with E-state index in [0.717, 1.165) is 31.8 Å². The Bertz CT molecular complexity index is 763. The molecule has 2 heterocycles. The number of carbonyl (C=O) groups is 1. The van der Waals surface area contributed by atoms with E-state index >= 15 is 0 Å². The summed E-state index contributed by atoms with van der Waals surface area (Å²) >= 11 is 1.68. The van der Waals surface area contributed by atoms with Gasteiger partial charge in [-0.3, -0.25) is 4.79 Å². The van der Waals surface area contributed by atoms with Gasteiger partial charge in [0.2, 0.25) is 5.91 Å². The SMILES string of the molecule is O=C(/C=C/c1cccc(C(F)(F)F)c1)N1CC[NH+](Cc2ccsc2)CC1.